The topological polar surface area (TPSA) is 97.1 Å². The van der Waals surface area contributed by atoms with Crippen molar-refractivity contribution in [1.29, 1.82) is 0 Å². The molecule has 4 rings (SSSR count). The van der Waals surface area contributed by atoms with Gasteiger partial charge in [0.2, 0.25) is 0 Å². The second-order valence-corrected chi connectivity index (χ2v) is 6.30. The molecule has 0 saturated carbocycles. The molecule has 3 heterocycles. The molecule has 0 aliphatic carbocycles. The maximum absolute atomic E-state index is 6.18. The molecule has 1 aromatic carbocycles. The van der Waals surface area contributed by atoms with Gasteiger partial charge in [-0.2, -0.15) is 9.61 Å². The monoisotopic (exact) mass is 378 g/mol. The van der Waals surface area contributed by atoms with Gasteiger partial charge in [0.15, 0.2) is 23.4 Å². The molecule has 1 atom stereocenters. The van der Waals surface area contributed by atoms with Crippen LogP contribution in [0.4, 0.5) is 5.69 Å². The molecule has 9 nitrogen and oxygen atoms in total. The highest BCUT2D eigenvalue weighted by molar-refractivity contribution is 5.65. The number of fused-ring (bicyclic) bond motifs is 1. The van der Waals surface area contributed by atoms with Gasteiger partial charge in [0, 0.05) is 24.7 Å². The Morgan fingerprint density at radius 3 is 2.61 bits per heavy atom. The maximum Gasteiger partial charge on any atom is 0.256 e. The molecule has 0 spiro atoms. The van der Waals surface area contributed by atoms with E-state index in [0.29, 0.717) is 23.2 Å². The average Bonchev–Trinajstić information content (AvgIpc) is 3.39. The minimum Gasteiger partial charge on any atom is -0.464 e. The normalized spacial score (nSPS) is 12.2. The highest BCUT2D eigenvalue weighted by atomic mass is 16.5. The number of benzene rings is 1. The van der Waals surface area contributed by atoms with E-state index >= 15 is 0 Å². The molecule has 0 aliphatic rings. The second kappa shape index (κ2) is 7.63. The minimum absolute atomic E-state index is 0.335. The largest absolute Gasteiger partial charge is 0.464 e. The summed E-state index contributed by atoms with van der Waals surface area (Å²) in [6, 6.07) is 11.8. The van der Waals surface area contributed by atoms with Crippen molar-refractivity contribution < 1.29 is 4.74 Å². The summed E-state index contributed by atoms with van der Waals surface area (Å²) in [6.07, 6.45) is 1.13. The highest BCUT2D eigenvalue weighted by Crippen LogP contribution is 2.31. The molecule has 0 radical (unpaired) electrons. The predicted molar refractivity (Wildman–Crippen MR) is 105 cm³/mol. The number of anilines is 1. The lowest BCUT2D eigenvalue weighted by atomic mass is 10.2. The van der Waals surface area contributed by atoms with E-state index in [1.165, 1.54) is 6.33 Å². The molecule has 1 N–H and O–H groups in total. The van der Waals surface area contributed by atoms with Crippen molar-refractivity contribution in [2.24, 2.45) is 0 Å². The molecular formula is C19H22N8O. The Hall–Kier alpha value is -3.49. The van der Waals surface area contributed by atoms with Gasteiger partial charge < -0.3 is 9.64 Å². The van der Waals surface area contributed by atoms with E-state index in [1.54, 1.807) is 4.52 Å². The molecule has 9 heteroatoms. The SMILES string of the molecule is CCN(CC)c1cc2nnc(-c3ccccc3)n2nc1OC(C)c1ncn[nH]1. The summed E-state index contributed by atoms with van der Waals surface area (Å²) in [4.78, 5) is 6.35. The lowest BCUT2D eigenvalue weighted by Crippen LogP contribution is -2.24. The van der Waals surface area contributed by atoms with Gasteiger partial charge in [-0.15, -0.1) is 15.3 Å². The van der Waals surface area contributed by atoms with E-state index in [1.807, 2.05) is 43.3 Å². The van der Waals surface area contributed by atoms with E-state index < -0.39 is 0 Å². The Morgan fingerprint density at radius 2 is 1.93 bits per heavy atom. The molecule has 3 aromatic heterocycles. The number of H-pyrrole nitrogens is 1. The summed E-state index contributed by atoms with van der Waals surface area (Å²) in [7, 11) is 0. The van der Waals surface area contributed by atoms with Crippen LogP contribution in [-0.4, -0.2) is 48.1 Å². The van der Waals surface area contributed by atoms with Gasteiger partial charge in [0.25, 0.3) is 5.88 Å². The van der Waals surface area contributed by atoms with Gasteiger partial charge in [-0.05, 0) is 20.8 Å². The zero-order chi connectivity index (χ0) is 19.5. The van der Waals surface area contributed by atoms with Crippen molar-refractivity contribution in [3.63, 3.8) is 0 Å². The quantitative estimate of drug-likeness (QED) is 0.528. The number of hydrogen-bond acceptors (Lipinski definition) is 7. The maximum atomic E-state index is 6.18. The van der Waals surface area contributed by atoms with Crippen molar-refractivity contribution >= 4 is 11.3 Å². The standard InChI is InChI=1S/C19H22N8O/c1-4-26(5-2)15-11-16-22-24-18(14-9-7-6-8-10-14)27(16)25-19(15)28-13(3)17-20-12-21-23-17/h6-13H,4-5H2,1-3H3,(H,20,21,23). The van der Waals surface area contributed by atoms with Crippen LogP contribution in [0.25, 0.3) is 17.0 Å². The summed E-state index contributed by atoms with van der Waals surface area (Å²) < 4.78 is 7.89. The first kappa shape index (κ1) is 17.9. The second-order valence-electron chi connectivity index (χ2n) is 6.30. The summed E-state index contributed by atoms with van der Waals surface area (Å²) in [5.74, 6) is 1.80. The van der Waals surface area contributed by atoms with Crippen LogP contribution < -0.4 is 9.64 Å². The number of ether oxygens (including phenoxy) is 1. The van der Waals surface area contributed by atoms with Crippen molar-refractivity contribution in [2.75, 3.05) is 18.0 Å². The Kier molecular flexibility index (Phi) is 4.88. The van der Waals surface area contributed by atoms with E-state index in [2.05, 4.69) is 44.1 Å². The number of rotatable bonds is 7. The Bertz CT molecular complexity index is 1040. The van der Waals surface area contributed by atoms with Gasteiger partial charge in [0.1, 0.15) is 12.0 Å². The zero-order valence-electron chi connectivity index (χ0n) is 16.1. The first-order valence-electron chi connectivity index (χ1n) is 9.30. The van der Waals surface area contributed by atoms with E-state index in [9.17, 15) is 0 Å². The fourth-order valence-electron chi connectivity index (χ4n) is 3.08. The van der Waals surface area contributed by atoms with Gasteiger partial charge >= 0.3 is 0 Å². The third kappa shape index (κ3) is 3.26. The third-order valence-corrected chi connectivity index (χ3v) is 4.58. The lowest BCUT2D eigenvalue weighted by molar-refractivity contribution is 0.205. The zero-order valence-corrected chi connectivity index (χ0v) is 16.1. The van der Waals surface area contributed by atoms with E-state index in [0.717, 1.165) is 24.3 Å². The van der Waals surface area contributed by atoms with Crippen LogP contribution in [0, 0.1) is 0 Å². The first-order valence-corrected chi connectivity index (χ1v) is 9.30. The molecule has 0 fully saturated rings. The Labute approximate surface area is 162 Å². The molecule has 0 aliphatic heterocycles. The highest BCUT2D eigenvalue weighted by Gasteiger charge is 2.20. The van der Waals surface area contributed by atoms with Crippen molar-refractivity contribution in [3.05, 3.63) is 48.5 Å². The summed E-state index contributed by atoms with van der Waals surface area (Å²) in [5.41, 5.74) is 2.48. The fraction of sp³-hybridized carbons (Fsp3) is 0.316. The molecule has 144 valence electrons. The Morgan fingerprint density at radius 1 is 1.14 bits per heavy atom. The van der Waals surface area contributed by atoms with Crippen LogP contribution >= 0.6 is 0 Å². The van der Waals surface area contributed by atoms with Crippen LogP contribution in [0.1, 0.15) is 32.7 Å². The molecule has 0 amide bonds. The predicted octanol–water partition coefficient (Wildman–Crippen LogP) is 2.90. The van der Waals surface area contributed by atoms with Crippen LogP contribution in [-0.2, 0) is 0 Å². The smallest absolute Gasteiger partial charge is 0.256 e. The number of aromatic nitrogens is 7. The number of nitrogens with zero attached hydrogens (tertiary/aromatic N) is 7. The third-order valence-electron chi connectivity index (χ3n) is 4.58. The van der Waals surface area contributed by atoms with Crippen molar-refractivity contribution in [3.8, 4) is 17.3 Å². The van der Waals surface area contributed by atoms with Crippen LogP contribution in [0.3, 0.4) is 0 Å². The van der Waals surface area contributed by atoms with E-state index in [-0.39, 0.29) is 6.10 Å². The van der Waals surface area contributed by atoms with Crippen molar-refractivity contribution in [1.82, 2.24) is 35.0 Å². The van der Waals surface area contributed by atoms with Gasteiger partial charge in [-0.25, -0.2) is 4.98 Å². The molecule has 4 aromatic rings. The first-order chi connectivity index (χ1) is 13.7. The van der Waals surface area contributed by atoms with Crippen LogP contribution in [0.2, 0.25) is 0 Å². The van der Waals surface area contributed by atoms with Gasteiger partial charge in [0.05, 0.1) is 0 Å². The average molecular weight is 378 g/mol. The number of hydrogen-bond donors (Lipinski definition) is 1. The summed E-state index contributed by atoms with van der Waals surface area (Å²) in [6.45, 7) is 7.73. The van der Waals surface area contributed by atoms with Crippen LogP contribution in [0.15, 0.2) is 42.7 Å². The fourth-order valence-corrected chi connectivity index (χ4v) is 3.08. The molecule has 0 saturated heterocycles. The number of nitrogens with one attached hydrogen (secondary N) is 1. The Balaban J connectivity index is 1.82. The van der Waals surface area contributed by atoms with Gasteiger partial charge in [-0.3, -0.25) is 5.10 Å². The van der Waals surface area contributed by atoms with Gasteiger partial charge in [-0.1, -0.05) is 30.3 Å². The lowest BCUT2D eigenvalue weighted by Gasteiger charge is -2.24. The summed E-state index contributed by atoms with van der Waals surface area (Å²) >= 11 is 0. The van der Waals surface area contributed by atoms with Crippen molar-refractivity contribution in [2.45, 2.75) is 26.9 Å². The molecule has 28 heavy (non-hydrogen) atoms. The van der Waals surface area contributed by atoms with Crippen LogP contribution in [0.5, 0.6) is 5.88 Å². The summed E-state index contributed by atoms with van der Waals surface area (Å²) in [5, 5.41) is 20.1. The molecular weight excluding hydrogens is 356 g/mol. The molecule has 0 bridgehead atoms. The molecule has 1 unspecified atom stereocenters. The number of aromatic amines is 1. The van der Waals surface area contributed by atoms with E-state index in [4.69, 9.17) is 9.84 Å². The minimum atomic E-state index is -0.335.